The lowest BCUT2D eigenvalue weighted by Gasteiger charge is -2.17. The molecule has 0 aliphatic heterocycles. The van der Waals surface area contributed by atoms with Gasteiger partial charge in [0.25, 0.3) is 5.91 Å². The molecule has 0 aliphatic carbocycles. The Hall–Kier alpha value is -1.97. The first-order valence-electron chi connectivity index (χ1n) is 8.66. The molecular weight excluding hydrogens is 462 g/mol. The van der Waals surface area contributed by atoms with Crippen LogP contribution in [0.1, 0.15) is 39.4 Å². The van der Waals surface area contributed by atoms with Crippen molar-refractivity contribution < 1.29 is 14.3 Å². The van der Waals surface area contributed by atoms with Gasteiger partial charge >= 0.3 is 5.97 Å². The molecule has 2 rings (SSSR count). The maximum atomic E-state index is 12.8. The van der Waals surface area contributed by atoms with E-state index in [-0.39, 0.29) is 5.91 Å². The largest absolute Gasteiger partial charge is 0.465 e. The number of nitrogens with one attached hydrogen (secondary N) is 2. The smallest absolute Gasteiger partial charge is 0.341 e. The molecule has 1 heterocycles. The molecule has 1 aromatic heterocycles. The van der Waals surface area contributed by atoms with E-state index in [4.69, 9.17) is 17.0 Å². The van der Waals surface area contributed by atoms with E-state index in [0.29, 0.717) is 39.2 Å². The van der Waals surface area contributed by atoms with Gasteiger partial charge in [0, 0.05) is 23.2 Å². The minimum absolute atomic E-state index is 0.114. The van der Waals surface area contributed by atoms with Gasteiger partial charge in [0.05, 0.1) is 17.6 Å². The standard InChI is InChI=1S/C19H22BrN3O3S2/c1-5-23(6-2)17(24)15-11(3)14(18(25)26-4)16(28-15)22-19(27)21-13-9-7-8-12(20)10-13/h7-10H,5-6H2,1-4H3,(H2,21,22,27). The summed E-state index contributed by atoms with van der Waals surface area (Å²) in [4.78, 5) is 27.4. The molecule has 0 saturated carbocycles. The number of hydrogen-bond acceptors (Lipinski definition) is 5. The molecule has 0 radical (unpaired) electrons. The number of carbonyl (C=O) groups excluding carboxylic acids is 2. The molecule has 2 N–H and O–H groups in total. The zero-order chi connectivity index (χ0) is 20.8. The number of amides is 1. The van der Waals surface area contributed by atoms with Crippen LogP contribution in [-0.4, -0.2) is 42.1 Å². The average molecular weight is 484 g/mol. The SMILES string of the molecule is CCN(CC)C(=O)c1sc(NC(=S)Nc2cccc(Br)c2)c(C(=O)OC)c1C. The number of carbonyl (C=O) groups is 2. The van der Waals surface area contributed by atoms with Gasteiger partial charge in [0.2, 0.25) is 0 Å². The Kier molecular flexibility index (Phi) is 7.97. The predicted octanol–water partition coefficient (Wildman–Crippen LogP) is 4.90. The first kappa shape index (κ1) is 22.3. The van der Waals surface area contributed by atoms with Crippen molar-refractivity contribution >= 4 is 67.2 Å². The molecule has 0 fully saturated rings. The average Bonchev–Trinajstić information content (AvgIpc) is 2.97. The Morgan fingerprint density at radius 2 is 1.93 bits per heavy atom. The molecule has 0 bridgehead atoms. The summed E-state index contributed by atoms with van der Waals surface area (Å²) in [5.41, 5.74) is 1.70. The molecule has 0 unspecified atom stereocenters. The van der Waals surface area contributed by atoms with Crippen molar-refractivity contribution in [2.75, 3.05) is 30.8 Å². The van der Waals surface area contributed by atoms with Crippen molar-refractivity contribution in [3.8, 4) is 0 Å². The Morgan fingerprint density at radius 3 is 2.50 bits per heavy atom. The van der Waals surface area contributed by atoms with Crippen LogP contribution in [0.5, 0.6) is 0 Å². The highest BCUT2D eigenvalue weighted by atomic mass is 79.9. The van der Waals surface area contributed by atoms with Crippen LogP contribution >= 0.6 is 39.5 Å². The highest BCUT2D eigenvalue weighted by molar-refractivity contribution is 9.10. The van der Waals surface area contributed by atoms with Crippen LogP contribution in [0.25, 0.3) is 0 Å². The number of esters is 1. The second-order valence-electron chi connectivity index (χ2n) is 5.82. The van der Waals surface area contributed by atoms with E-state index >= 15 is 0 Å². The number of rotatable bonds is 6. The predicted molar refractivity (Wildman–Crippen MR) is 122 cm³/mol. The number of nitrogens with zero attached hydrogens (tertiary/aromatic N) is 1. The summed E-state index contributed by atoms with van der Waals surface area (Å²) in [6.07, 6.45) is 0. The molecule has 0 spiro atoms. The van der Waals surface area contributed by atoms with Gasteiger partial charge in [-0.15, -0.1) is 11.3 Å². The first-order valence-corrected chi connectivity index (χ1v) is 10.7. The van der Waals surface area contributed by atoms with Crippen molar-refractivity contribution in [3.05, 3.63) is 44.7 Å². The third-order valence-electron chi connectivity index (χ3n) is 4.09. The quantitative estimate of drug-likeness (QED) is 0.449. The lowest BCUT2D eigenvalue weighted by atomic mass is 10.1. The second-order valence-corrected chi connectivity index (χ2v) is 8.16. The van der Waals surface area contributed by atoms with Gasteiger partial charge in [0.1, 0.15) is 5.00 Å². The lowest BCUT2D eigenvalue weighted by molar-refractivity contribution is 0.0601. The number of thiophene rings is 1. The van der Waals surface area contributed by atoms with Crippen molar-refractivity contribution in [2.24, 2.45) is 0 Å². The van der Waals surface area contributed by atoms with Crippen molar-refractivity contribution in [3.63, 3.8) is 0 Å². The highest BCUT2D eigenvalue weighted by Gasteiger charge is 2.27. The Balaban J connectivity index is 2.34. The fourth-order valence-electron chi connectivity index (χ4n) is 2.64. The summed E-state index contributed by atoms with van der Waals surface area (Å²) in [7, 11) is 1.31. The van der Waals surface area contributed by atoms with Gasteiger partial charge in [0.15, 0.2) is 5.11 Å². The van der Waals surface area contributed by atoms with Crippen LogP contribution in [0.15, 0.2) is 28.7 Å². The zero-order valence-corrected chi connectivity index (χ0v) is 19.3. The third kappa shape index (κ3) is 5.09. The van der Waals surface area contributed by atoms with E-state index in [1.807, 2.05) is 38.1 Å². The topological polar surface area (TPSA) is 70.7 Å². The van der Waals surface area contributed by atoms with Crippen LogP contribution in [0, 0.1) is 6.92 Å². The fraction of sp³-hybridized carbons (Fsp3) is 0.316. The van der Waals surface area contributed by atoms with E-state index in [9.17, 15) is 9.59 Å². The normalized spacial score (nSPS) is 10.3. The van der Waals surface area contributed by atoms with Crippen molar-refractivity contribution in [1.29, 1.82) is 0 Å². The van der Waals surface area contributed by atoms with Crippen LogP contribution in [-0.2, 0) is 4.74 Å². The van der Waals surface area contributed by atoms with Gasteiger partial charge in [-0.25, -0.2) is 4.79 Å². The molecule has 0 aliphatic rings. The van der Waals surface area contributed by atoms with E-state index in [1.54, 1.807) is 11.8 Å². The third-order valence-corrected chi connectivity index (χ3v) is 5.98. The summed E-state index contributed by atoms with van der Waals surface area (Å²) in [6, 6.07) is 7.54. The summed E-state index contributed by atoms with van der Waals surface area (Å²) >= 11 is 9.99. The molecule has 0 atom stereocenters. The molecule has 0 saturated heterocycles. The number of anilines is 2. The van der Waals surface area contributed by atoms with Crippen molar-refractivity contribution in [2.45, 2.75) is 20.8 Å². The number of methoxy groups -OCH3 is 1. The van der Waals surface area contributed by atoms with E-state index in [1.165, 1.54) is 18.4 Å². The Bertz CT molecular complexity index is 895. The first-order chi connectivity index (χ1) is 13.3. The molecule has 2 aromatic rings. The molecule has 1 aromatic carbocycles. The van der Waals surface area contributed by atoms with Crippen LogP contribution in [0.4, 0.5) is 10.7 Å². The number of hydrogen-bond donors (Lipinski definition) is 2. The van der Waals surface area contributed by atoms with Gasteiger partial charge in [-0.1, -0.05) is 22.0 Å². The summed E-state index contributed by atoms with van der Waals surface area (Å²) in [5, 5.41) is 6.90. The fourth-order valence-corrected chi connectivity index (χ4v) is 4.49. The van der Waals surface area contributed by atoms with Crippen LogP contribution in [0.2, 0.25) is 0 Å². The zero-order valence-electron chi connectivity index (χ0n) is 16.1. The van der Waals surface area contributed by atoms with Crippen LogP contribution in [0.3, 0.4) is 0 Å². The molecule has 1 amide bonds. The van der Waals surface area contributed by atoms with Gasteiger partial charge in [-0.2, -0.15) is 0 Å². The Morgan fingerprint density at radius 1 is 1.25 bits per heavy atom. The summed E-state index contributed by atoms with van der Waals surface area (Å²) < 4.78 is 5.82. The maximum Gasteiger partial charge on any atom is 0.341 e. The van der Waals surface area contributed by atoms with Gasteiger partial charge < -0.3 is 20.3 Å². The van der Waals surface area contributed by atoms with E-state index in [0.717, 1.165) is 10.2 Å². The Labute approximate surface area is 182 Å². The molecule has 9 heteroatoms. The monoisotopic (exact) mass is 483 g/mol. The molecule has 150 valence electrons. The molecular formula is C19H22BrN3O3S2. The van der Waals surface area contributed by atoms with Crippen molar-refractivity contribution in [1.82, 2.24) is 4.90 Å². The lowest BCUT2D eigenvalue weighted by Crippen LogP contribution is -2.30. The summed E-state index contributed by atoms with van der Waals surface area (Å²) in [6.45, 7) is 6.76. The molecule has 6 nitrogen and oxygen atoms in total. The van der Waals surface area contributed by atoms with E-state index in [2.05, 4.69) is 26.6 Å². The number of thiocarbonyl (C=S) groups is 1. The number of halogens is 1. The van der Waals surface area contributed by atoms with E-state index < -0.39 is 5.97 Å². The number of ether oxygens (including phenoxy) is 1. The van der Waals surface area contributed by atoms with Gasteiger partial charge in [-0.05, 0) is 56.8 Å². The summed E-state index contributed by atoms with van der Waals surface area (Å²) in [5.74, 6) is -0.628. The minimum atomic E-state index is -0.514. The van der Waals surface area contributed by atoms with Gasteiger partial charge in [-0.3, -0.25) is 4.79 Å². The minimum Gasteiger partial charge on any atom is -0.465 e. The highest BCUT2D eigenvalue weighted by Crippen LogP contribution is 2.34. The second kappa shape index (κ2) is 9.99. The number of benzene rings is 1. The molecule has 28 heavy (non-hydrogen) atoms. The van der Waals surface area contributed by atoms with Crippen LogP contribution < -0.4 is 10.6 Å². The maximum absolute atomic E-state index is 12.8.